The largest absolute Gasteiger partial charge is 0.330 e. The van der Waals surface area contributed by atoms with E-state index < -0.39 is 6.17 Å². The monoisotopic (exact) mass is 235 g/mol. The molecular formula is C15H22FN. The van der Waals surface area contributed by atoms with Crippen LogP contribution in [0.25, 0.3) is 0 Å². The van der Waals surface area contributed by atoms with Crippen molar-refractivity contribution >= 4 is 0 Å². The molecule has 0 amide bonds. The molecule has 0 radical (unpaired) electrons. The molecule has 1 atom stereocenters. The molecule has 2 heteroatoms. The Bertz CT molecular complexity index is 367. The predicted molar refractivity (Wildman–Crippen MR) is 69.8 cm³/mol. The zero-order chi connectivity index (χ0) is 12.3. The minimum atomic E-state index is -0.895. The lowest BCUT2D eigenvalue weighted by Crippen LogP contribution is -2.37. The first-order valence-electron chi connectivity index (χ1n) is 6.62. The van der Waals surface area contributed by atoms with Crippen molar-refractivity contribution in [2.24, 2.45) is 5.73 Å². The van der Waals surface area contributed by atoms with Gasteiger partial charge in [0.2, 0.25) is 0 Å². The average molecular weight is 235 g/mol. The Balaban J connectivity index is 2.33. The van der Waals surface area contributed by atoms with E-state index in [4.69, 9.17) is 5.73 Å². The summed E-state index contributed by atoms with van der Waals surface area (Å²) in [5.74, 6) is 0. The number of halogens is 1. The molecule has 17 heavy (non-hydrogen) atoms. The van der Waals surface area contributed by atoms with Crippen LogP contribution in [-0.2, 0) is 5.41 Å². The first-order chi connectivity index (χ1) is 8.18. The van der Waals surface area contributed by atoms with Crippen molar-refractivity contribution in [2.45, 2.75) is 50.6 Å². The highest BCUT2D eigenvalue weighted by atomic mass is 19.1. The van der Waals surface area contributed by atoms with Gasteiger partial charge in [0.05, 0.1) is 0 Å². The van der Waals surface area contributed by atoms with E-state index in [1.165, 1.54) is 24.8 Å². The van der Waals surface area contributed by atoms with Crippen LogP contribution < -0.4 is 5.73 Å². The number of alkyl halides is 1. The van der Waals surface area contributed by atoms with Gasteiger partial charge in [0.25, 0.3) is 0 Å². The summed E-state index contributed by atoms with van der Waals surface area (Å²) in [5, 5.41) is 0. The number of hydrogen-bond donors (Lipinski definition) is 1. The molecule has 2 rings (SSSR count). The van der Waals surface area contributed by atoms with Gasteiger partial charge in [-0.05, 0) is 30.9 Å². The van der Waals surface area contributed by atoms with Crippen LogP contribution in [0.1, 0.15) is 56.3 Å². The molecule has 0 aliphatic heterocycles. The first kappa shape index (κ1) is 12.6. The quantitative estimate of drug-likeness (QED) is 0.845. The summed E-state index contributed by atoms with van der Waals surface area (Å²) in [6.45, 7) is 2.27. The molecule has 1 unspecified atom stereocenters. The van der Waals surface area contributed by atoms with Crippen LogP contribution in [0.15, 0.2) is 24.3 Å². The average Bonchev–Trinajstić information content (AvgIpc) is 2.39. The van der Waals surface area contributed by atoms with Crippen molar-refractivity contribution in [1.82, 2.24) is 0 Å². The Morgan fingerprint density at radius 1 is 1.29 bits per heavy atom. The molecule has 1 aromatic rings. The van der Waals surface area contributed by atoms with E-state index in [1.54, 1.807) is 6.92 Å². The van der Waals surface area contributed by atoms with E-state index in [0.717, 1.165) is 18.4 Å². The molecule has 1 aliphatic carbocycles. The topological polar surface area (TPSA) is 26.0 Å². The zero-order valence-corrected chi connectivity index (χ0v) is 10.6. The minimum absolute atomic E-state index is 0.100. The van der Waals surface area contributed by atoms with Gasteiger partial charge >= 0.3 is 0 Å². The summed E-state index contributed by atoms with van der Waals surface area (Å²) in [6, 6.07) is 7.96. The molecule has 0 saturated heterocycles. The Morgan fingerprint density at radius 2 is 2.00 bits per heavy atom. The van der Waals surface area contributed by atoms with Crippen LogP contribution in [0, 0.1) is 0 Å². The second-order valence-electron chi connectivity index (χ2n) is 5.29. The number of hydrogen-bond acceptors (Lipinski definition) is 1. The Morgan fingerprint density at radius 3 is 2.59 bits per heavy atom. The Labute approximate surface area is 103 Å². The van der Waals surface area contributed by atoms with Crippen molar-refractivity contribution in [1.29, 1.82) is 0 Å². The summed E-state index contributed by atoms with van der Waals surface area (Å²) >= 11 is 0. The molecule has 0 heterocycles. The summed E-state index contributed by atoms with van der Waals surface area (Å²) < 4.78 is 13.4. The molecule has 2 N–H and O–H groups in total. The highest BCUT2D eigenvalue weighted by Gasteiger charge is 2.32. The normalized spacial score (nSPS) is 21.1. The minimum Gasteiger partial charge on any atom is -0.330 e. The lowest BCUT2D eigenvalue weighted by Gasteiger charge is -2.37. The summed E-state index contributed by atoms with van der Waals surface area (Å²) in [4.78, 5) is 0. The Hall–Kier alpha value is -0.890. The third kappa shape index (κ3) is 2.52. The SMILES string of the molecule is CC(F)c1cccc(C2(CN)CCCCC2)c1. The van der Waals surface area contributed by atoms with Crippen LogP contribution in [0.2, 0.25) is 0 Å². The molecule has 1 aliphatic rings. The molecule has 1 nitrogen and oxygen atoms in total. The van der Waals surface area contributed by atoms with E-state index in [1.807, 2.05) is 18.2 Å². The third-order valence-corrected chi connectivity index (χ3v) is 4.16. The van der Waals surface area contributed by atoms with Crippen LogP contribution in [0.3, 0.4) is 0 Å². The van der Waals surface area contributed by atoms with Gasteiger partial charge in [0, 0.05) is 12.0 Å². The zero-order valence-electron chi connectivity index (χ0n) is 10.6. The van der Waals surface area contributed by atoms with Crippen molar-refractivity contribution in [3.63, 3.8) is 0 Å². The van der Waals surface area contributed by atoms with E-state index in [-0.39, 0.29) is 5.41 Å². The van der Waals surface area contributed by atoms with E-state index in [2.05, 4.69) is 6.07 Å². The highest BCUT2D eigenvalue weighted by Crippen LogP contribution is 2.39. The number of benzene rings is 1. The van der Waals surface area contributed by atoms with Crippen molar-refractivity contribution in [3.05, 3.63) is 35.4 Å². The third-order valence-electron chi connectivity index (χ3n) is 4.16. The second-order valence-corrected chi connectivity index (χ2v) is 5.29. The maximum absolute atomic E-state index is 13.4. The lowest BCUT2D eigenvalue weighted by atomic mass is 9.69. The smallest absolute Gasteiger partial charge is 0.122 e. The van der Waals surface area contributed by atoms with E-state index >= 15 is 0 Å². The molecule has 0 bridgehead atoms. The molecule has 0 aromatic heterocycles. The molecule has 1 aromatic carbocycles. The van der Waals surface area contributed by atoms with Crippen molar-refractivity contribution in [3.8, 4) is 0 Å². The lowest BCUT2D eigenvalue weighted by molar-refractivity contribution is 0.299. The van der Waals surface area contributed by atoms with Crippen LogP contribution in [0.4, 0.5) is 4.39 Å². The van der Waals surface area contributed by atoms with Gasteiger partial charge < -0.3 is 5.73 Å². The van der Waals surface area contributed by atoms with E-state index in [0.29, 0.717) is 6.54 Å². The van der Waals surface area contributed by atoms with Gasteiger partial charge in [0.1, 0.15) is 6.17 Å². The molecular weight excluding hydrogens is 213 g/mol. The fraction of sp³-hybridized carbons (Fsp3) is 0.600. The van der Waals surface area contributed by atoms with Gasteiger partial charge in [-0.1, -0.05) is 43.5 Å². The summed E-state index contributed by atoms with van der Waals surface area (Å²) in [6.07, 6.45) is 5.19. The predicted octanol–water partition coefficient (Wildman–Crippen LogP) is 3.88. The molecule has 94 valence electrons. The van der Waals surface area contributed by atoms with Gasteiger partial charge in [-0.3, -0.25) is 0 Å². The highest BCUT2D eigenvalue weighted by molar-refractivity contribution is 5.32. The summed E-state index contributed by atoms with van der Waals surface area (Å²) in [7, 11) is 0. The number of nitrogens with two attached hydrogens (primary N) is 1. The van der Waals surface area contributed by atoms with Gasteiger partial charge in [0.15, 0.2) is 0 Å². The maximum atomic E-state index is 13.4. The van der Waals surface area contributed by atoms with Crippen LogP contribution >= 0.6 is 0 Å². The van der Waals surface area contributed by atoms with Crippen LogP contribution in [0.5, 0.6) is 0 Å². The van der Waals surface area contributed by atoms with Crippen molar-refractivity contribution < 1.29 is 4.39 Å². The second kappa shape index (κ2) is 5.18. The van der Waals surface area contributed by atoms with Gasteiger partial charge in [-0.15, -0.1) is 0 Å². The molecule has 1 fully saturated rings. The molecule has 1 saturated carbocycles. The Kier molecular flexibility index (Phi) is 3.82. The first-order valence-corrected chi connectivity index (χ1v) is 6.62. The fourth-order valence-corrected chi connectivity index (χ4v) is 2.96. The van der Waals surface area contributed by atoms with E-state index in [9.17, 15) is 4.39 Å². The number of rotatable bonds is 3. The summed E-state index contributed by atoms with van der Waals surface area (Å²) in [5.41, 5.74) is 8.12. The van der Waals surface area contributed by atoms with Gasteiger partial charge in [-0.2, -0.15) is 0 Å². The van der Waals surface area contributed by atoms with Crippen LogP contribution in [-0.4, -0.2) is 6.54 Å². The fourth-order valence-electron chi connectivity index (χ4n) is 2.96. The molecule has 0 spiro atoms. The standard InChI is InChI=1S/C15H22FN/c1-12(16)13-6-5-7-14(10-13)15(11-17)8-3-2-4-9-15/h5-7,10,12H,2-4,8-9,11,17H2,1H3. The van der Waals surface area contributed by atoms with Gasteiger partial charge in [-0.25, -0.2) is 4.39 Å². The maximum Gasteiger partial charge on any atom is 0.122 e. The van der Waals surface area contributed by atoms with Crippen molar-refractivity contribution in [2.75, 3.05) is 6.54 Å².